The predicted molar refractivity (Wildman–Crippen MR) is 112 cm³/mol. The molecule has 0 radical (unpaired) electrons. The van der Waals surface area contributed by atoms with E-state index in [0.29, 0.717) is 17.3 Å². The lowest BCUT2D eigenvalue weighted by molar-refractivity contribution is -0.117. The third-order valence-electron chi connectivity index (χ3n) is 5.69. The number of hydrogen-bond acceptors (Lipinski definition) is 4. The highest BCUT2D eigenvalue weighted by Gasteiger charge is 2.29. The van der Waals surface area contributed by atoms with Crippen LogP contribution in [0.3, 0.4) is 0 Å². The normalized spacial score (nSPS) is 20.2. The van der Waals surface area contributed by atoms with Gasteiger partial charge < -0.3 is 21.7 Å². The molecule has 1 unspecified atom stereocenters. The Morgan fingerprint density at radius 3 is 2.66 bits per heavy atom. The fourth-order valence-corrected chi connectivity index (χ4v) is 4.18. The number of carbonyl (C=O) groups excluding carboxylic acids is 3. The number of anilines is 1. The van der Waals surface area contributed by atoms with Crippen molar-refractivity contribution >= 4 is 23.5 Å². The zero-order chi connectivity index (χ0) is 20.6. The van der Waals surface area contributed by atoms with Crippen molar-refractivity contribution in [2.24, 2.45) is 5.73 Å². The number of nitrogens with one attached hydrogen (secondary N) is 3. The van der Waals surface area contributed by atoms with Crippen LogP contribution in [0.1, 0.15) is 55.3 Å². The quantitative estimate of drug-likeness (QED) is 0.557. The van der Waals surface area contributed by atoms with Crippen molar-refractivity contribution in [1.29, 1.82) is 0 Å². The number of urea groups is 1. The fraction of sp³-hybridized carbons (Fsp3) is 0.571. The van der Waals surface area contributed by atoms with Crippen LogP contribution in [-0.2, 0) is 4.79 Å². The highest BCUT2D eigenvalue weighted by atomic mass is 16.2. The van der Waals surface area contributed by atoms with Crippen LogP contribution in [0.15, 0.2) is 24.3 Å². The smallest absolute Gasteiger partial charge is 0.319 e. The molecule has 2 fully saturated rings. The van der Waals surface area contributed by atoms with Crippen molar-refractivity contribution in [2.45, 2.75) is 57.0 Å². The summed E-state index contributed by atoms with van der Waals surface area (Å²) in [5.74, 6) is -0.777. The number of likely N-dealkylation sites (tertiary alicyclic amines) is 1. The van der Waals surface area contributed by atoms with Crippen LogP contribution in [-0.4, -0.2) is 54.5 Å². The van der Waals surface area contributed by atoms with Crippen LogP contribution >= 0.6 is 0 Å². The molecule has 3 rings (SSSR count). The van der Waals surface area contributed by atoms with E-state index >= 15 is 0 Å². The Hall–Kier alpha value is -2.61. The van der Waals surface area contributed by atoms with Gasteiger partial charge in [0.05, 0.1) is 0 Å². The van der Waals surface area contributed by atoms with Gasteiger partial charge in [-0.2, -0.15) is 0 Å². The summed E-state index contributed by atoms with van der Waals surface area (Å²) in [6.45, 7) is 2.13. The number of nitrogens with two attached hydrogens (primary N) is 1. The number of nitrogens with zero attached hydrogens (tertiary/aromatic N) is 1. The summed E-state index contributed by atoms with van der Waals surface area (Å²) in [7, 11) is 0. The molecule has 29 heavy (non-hydrogen) atoms. The molecule has 0 spiro atoms. The molecule has 5 N–H and O–H groups in total. The zero-order valence-electron chi connectivity index (χ0n) is 16.8. The molecule has 1 aliphatic heterocycles. The van der Waals surface area contributed by atoms with E-state index in [4.69, 9.17) is 5.73 Å². The maximum atomic E-state index is 12.4. The van der Waals surface area contributed by atoms with Gasteiger partial charge >= 0.3 is 6.03 Å². The molecule has 8 nitrogen and oxygen atoms in total. The third kappa shape index (κ3) is 6.45. The van der Waals surface area contributed by atoms with Gasteiger partial charge in [-0.05, 0) is 37.5 Å². The van der Waals surface area contributed by atoms with Gasteiger partial charge in [-0.1, -0.05) is 25.3 Å². The maximum Gasteiger partial charge on any atom is 0.319 e. The number of amides is 4. The zero-order valence-corrected chi connectivity index (χ0v) is 16.8. The summed E-state index contributed by atoms with van der Waals surface area (Å²) in [6, 6.07) is 7.28. The van der Waals surface area contributed by atoms with E-state index in [9.17, 15) is 14.4 Å². The summed E-state index contributed by atoms with van der Waals surface area (Å²) < 4.78 is 0. The van der Waals surface area contributed by atoms with E-state index in [0.717, 1.165) is 19.5 Å². The second kappa shape index (κ2) is 10.2. The predicted octanol–water partition coefficient (Wildman–Crippen LogP) is 1.82. The summed E-state index contributed by atoms with van der Waals surface area (Å²) in [5, 5.41) is 8.49. The van der Waals surface area contributed by atoms with E-state index in [2.05, 4.69) is 20.9 Å². The van der Waals surface area contributed by atoms with Crippen molar-refractivity contribution in [3.8, 4) is 0 Å². The summed E-state index contributed by atoms with van der Waals surface area (Å²) in [6.07, 6.45) is 7.56. The monoisotopic (exact) mass is 401 g/mol. The first kappa shape index (κ1) is 21.1. The second-order valence-electron chi connectivity index (χ2n) is 7.92. The van der Waals surface area contributed by atoms with Gasteiger partial charge in [-0.15, -0.1) is 0 Å². The highest BCUT2D eigenvalue weighted by Crippen LogP contribution is 2.25. The first-order valence-corrected chi connectivity index (χ1v) is 10.5. The largest absolute Gasteiger partial charge is 0.370 e. The van der Waals surface area contributed by atoms with Gasteiger partial charge in [0.1, 0.15) is 0 Å². The van der Waals surface area contributed by atoms with Crippen LogP contribution < -0.4 is 21.7 Å². The van der Waals surface area contributed by atoms with Crippen molar-refractivity contribution in [3.63, 3.8) is 0 Å². The van der Waals surface area contributed by atoms with Crippen LogP contribution in [0.4, 0.5) is 10.5 Å². The van der Waals surface area contributed by atoms with Crippen molar-refractivity contribution in [2.75, 3.05) is 25.0 Å². The molecule has 0 aromatic heterocycles. The Morgan fingerprint density at radius 2 is 1.90 bits per heavy atom. The van der Waals surface area contributed by atoms with E-state index in [1.807, 2.05) is 0 Å². The topological polar surface area (TPSA) is 117 Å². The van der Waals surface area contributed by atoms with E-state index in [1.54, 1.807) is 24.3 Å². The lowest BCUT2D eigenvalue weighted by Gasteiger charge is -2.31. The molecular formula is C21H31N5O3. The third-order valence-corrected chi connectivity index (χ3v) is 5.69. The first-order chi connectivity index (χ1) is 14.0. The SMILES string of the molecule is NC(=O)CCNC(=O)c1cccc(NC(=O)NC2CCN(C3CCCCC3)C2)c1. The minimum atomic E-state index is -0.466. The summed E-state index contributed by atoms with van der Waals surface area (Å²) in [4.78, 5) is 37.8. The molecule has 4 amide bonds. The van der Waals surface area contributed by atoms with E-state index < -0.39 is 5.91 Å². The van der Waals surface area contributed by atoms with Gasteiger partial charge in [0, 0.05) is 49.4 Å². The van der Waals surface area contributed by atoms with Crippen LogP contribution in [0, 0.1) is 0 Å². The van der Waals surface area contributed by atoms with Crippen LogP contribution in [0.5, 0.6) is 0 Å². The summed E-state index contributed by atoms with van der Waals surface area (Å²) >= 11 is 0. The van der Waals surface area contributed by atoms with Crippen molar-refractivity contribution < 1.29 is 14.4 Å². The van der Waals surface area contributed by atoms with Crippen molar-refractivity contribution in [3.05, 3.63) is 29.8 Å². The Morgan fingerprint density at radius 1 is 1.10 bits per heavy atom. The number of carbonyl (C=O) groups is 3. The number of hydrogen-bond donors (Lipinski definition) is 4. The standard InChI is InChI=1S/C21H31N5O3/c22-19(27)9-11-23-20(28)15-5-4-6-16(13-15)24-21(29)25-17-10-12-26(14-17)18-7-2-1-3-8-18/h4-6,13,17-18H,1-3,7-12,14H2,(H2,22,27)(H,23,28)(H2,24,25,29). The lowest BCUT2D eigenvalue weighted by atomic mass is 9.94. The number of rotatable bonds is 7. The Balaban J connectivity index is 1.45. The van der Waals surface area contributed by atoms with Gasteiger partial charge in [0.2, 0.25) is 5.91 Å². The van der Waals surface area contributed by atoms with Gasteiger partial charge in [0.15, 0.2) is 0 Å². The molecule has 1 aromatic carbocycles. The minimum Gasteiger partial charge on any atom is -0.370 e. The molecule has 1 atom stereocenters. The number of benzene rings is 1. The van der Waals surface area contributed by atoms with Crippen molar-refractivity contribution in [1.82, 2.24) is 15.5 Å². The molecule has 1 saturated heterocycles. The second-order valence-corrected chi connectivity index (χ2v) is 7.92. The molecule has 1 aliphatic carbocycles. The fourth-order valence-electron chi connectivity index (χ4n) is 4.18. The molecule has 0 bridgehead atoms. The first-order valence-electron chi connectivity index (χ1n) is 10.5. The molecule has 1 aromatic rings. The molecule has 1 heterocycles. The molecule has 8 heteroatoms. The number of primary amides is 1. The molecule has 1 saturated carbocycles. The molecule has 158 valence electrons. The van der Waals surface area contributed by atoms with E-state index in [1.165, 1.54) is 32.1 Å². The Labute approximate surface area is 171 Å². The Kier molecular flexibility index (Phi) is 7.46. The molecule has 2 aliphatic rings. The Bertz CT molecular complexity index is 733. The minimum absolute atomic E-state index is 0.0886. The maximum absolute atomic E-state index is 12.4. The van der Waals surface area contributed by atoms with Crippen LogP contribution in [0.25, 0.3) is 0 Å². The molecular weight excluding hydrogens is 370 g/mol. The van der Waals surface area contributed by atoms with Crippen LogP contribution in [0.2, 0.25) is 0 Å². The van der Waals surface area contributed by atoms with Gasteiger partial charge in [0.25, 0.3) is 5.91 Å². The van der Waals surface area contributed by atoms with E-state index in [-0.39, 0.29) is 30.9 Å². The highest BCUT2D eigenvalue weighted by molar-refractivity contribution is 5.97. The lowest BCUT2D eigenvalue weighted by Crippen LogP contribution is -2.42. The summed E-state index contributed by atoms with van der Waals surface area (Å²) in [5.41, 5.74) is 6.03. The average Bonchev–Trinajstić information content (AvgIpc) is 3.17. The van der Waals surface area contributed by atoms with Gasteiger partial charge in [-0.25, -0.2) is 4.79 Å². The average molecular weight is 402 g/mol. The van der Waals surface area contributed by atoms with Gasteiger partial charge in [-0.3, -0.25) is 14.5 Å².